The number of hydrogen-bond acceptors (Lipinski definition) is 0. The van der Waals surface area contributed by atoms with Crippen LogP contribution >= 0.6 is 11.6 Å². The van der Waals surface area contributed by atoms with E-state index in [4.69, 9.17) is 11.6 Å². The Kier molecular flexibility index (Phi) is 2.94. The molecule has 0 aromatic heterocycles. The lowest BCUT2D eigenvalue weighted by atomic mass is 9.98. The quantitative estimate of drug-likeness (QED) is 0.650. The molecule has 3 unspecified atom stereocenters. The number of fused-ring (bicyclic) bond motifs is 1. The molecule has 1 heteroatoms. The lowest BCUT2D eigenvalue weighted by molar-refractivity contribution is 0.573. The van der Waals surface area contributed by atoms with Gasteiger partial charge >= 0.3 is 0 Å². The summed E-state index contributed by atoms with van der Waals surface area (Å²) >= 11 is 6.64. The second-order valence-electron chi connectivity index (χ2n) is 6.06. The number of benzene rings is 1. The molecule has 0 amide bonds. The van der Waals surface area contributed by atoms with Crippen molar-refractivity contribution in [2.75, 3.05) is 0 Å². The Bertz CT molecular complexity index is 382. The van der Waals surface area contributed by atoms with Crippen molar-refractivity contribution in [1.82, 2.24) is 0 Å². The highest BCUT2D eigenvalue weighted by Crippen LogP contribution is 2.63. The third kappa shape index (κ3) is 2.01. The molecule has 1 aromatic carbocycles. The van der Waals surface area contributed by atoms with E-state index in [1.54, 1.807) is 0 Å². The minimum absolute atomic E-state index is 0.256. The minimum Gasteiger partial charge on any atom is -0.117 e. The first-order valence-corrected chi connectivity index (χ1v) is 7.36. The van der Waals surface area contributed by atoms with Crippen molar-refractivity contribution >= 4 is 11.6 Å². The van der Waals surface area contributed by atoms with E-state index in [1.807, 2.05) is 0 Å². The van der Waals surface area contributed by atoms with Crippen LogP contribution < -0.4 is 0 Å². The zero-order valence-electron chi connectivity index (χ0n) is 10.7. The lowest BCUT2D eigenvalue weighted by Crippen LogP contribution is -1.99. The molecule has 1 aromatic rings. The van der Waals surface area contributed by atoms with Crippen LogP contribution in [0.15, 0.2) is 24.3 Å². The molecule has 0 nitrogen and oxygen atoms in total. The molecular formula is C16H21Cl. The molecule has 0 N–H and O–H groups in total. The van der Waals surface area contributed by atoms with Crippen LogP contribution in [0.25, 0.3) is 0 Å². The maximum absolute atomic E-state index is 6.64. The van der Waals surface area contributed by atoms with Gasteiger partial charge in [-0.15, -0.1) is 11.6 Å². The molecule has 0 aliphatic heterocycles. The first-order chi connectivity index (χ1) is 8.18. The van der Waals surface area contributed by atoms with E-state index >= 15 is 0 Å². The molecule has 2 fully saturated rings. The molecule has 3 rings (SSSR count). The van der Waals surface area contributed by atoms with E-state index in [2.05, 4.69) is 38.1 Å². The Morgan fingerprint density at radius 2 is 1.53 bits per heavy atom. The molecule has 92 valence electrons. The third-order valence-electron chi connectivity index (χ3n) is 4.73. The van der Waals surface area contributed by atoms with Gasteiger partial charge in [-0.25, -0.2) is 0 Å². The van der Waals surface area contributed by atoms with Gasteiger partial charge in [0.05, 0.1) is 5.38 Å². The average Bonchev–Trinajstić information content (AvgIpc) is 2.81. The number of halogens is 1. The normalized spacial score (nSPS) is 32.6. The Labute approximate surface area is 109 Å². The van der Waals surface area contributed by atoms with Crippen molar-refractivity contribution < 1.29 is 0 Å². The monoisotopic (exact) mass is 248 g/mol. The van der Waals surface area contributed by atoms with Crippen molar-refractivity contribution in [2.24, 2.45) is 17.8 Å². The van der Waals surface area contributed by atoms with E-state index in [9.17, 15) is 0 Å². The first kappa shape index (κ1) is 11.6. The zero-order chi connectivity index (χ0) is 12.0. The van der Waals surface area contributed by atoms with Crippen LogP contribution in [-0.4, -0.2) is 0 Å². The van der Waals surface area contributed by atoms with Gasteiger partial charge in [0.2, 0.25) is 0 Å². The molecule has 0 heterocycles. The van der Waals surface area contributed by atoms with Gasteiger partial charge in [-0.1, -0.05) is 44.5 Å². The summed E-state index contributed by atoms with van der Waals surface area (Å²) in [5, 5.41) is 0.256. The van der Waals surface area contributed by atoms with E-state index in [-0.39, 0.29) is 5.38 Å². The van der Waals surface area contributed by atoms with Crippen LogP contribution in [0.1, 0.15) is 55.5 Å². The van der Waals surface area contributed by atoms with E-state index in [1.165, 1.54) is 30.4 Å². The molecule has 2 saturated carbocycles. The summed E-state index contributed by atoms with van der Waals surface area (Å²) in [4.78, 5) is 0. The van der Waals surface area contributed by atoms with Gasteiger partial charge in [-0.3, -0.25) is 0 Å². The van der Waals surface area contributed by atoms with Gasteiger partial charge in [0.15, 0.2) is 0 Å². The third-order valence-corrected chi connectivity index (χ3v) is 5.28. The van der Waals surface area contributed by atoms with Crippen LogP contribution in [-0.2, 0) is 0 Å². The predicted octanol–water partition coefficient (Wildman–Crippen LogP) is 5.14. The van der Waals surface area contributed by atoms with Gasteiger partial charge < -0.3 is 0 Å². The topological polar surface area (TPSA) is 0 Å². The summed E-state index contributed by atoms with van der Waals surface area (Å²) < 4.78 is 0. The van der Waals surface area contributed by atoms with Crippen LogP contribution in [0.4, 0.5) is 0 Å². The highest BCUT2D eigenvalue weighted by atomic mass is 35.5. The van der Waals surface area contributed by atoms with E-state index in [0.717, 1.165) is 17.8 Å². The van der Waals surface area contributed by atoms with Crippen LogP contribution in [0.2, 0.25) is 0 Å². The number of alkyl halides is 1. The molecule has 17 heavy (non-hydrogen) atoms. The maximum Gasteiger partial charge on any atom is 0.0618 e. The van der Waals surface area contributed by atoms with Gasteiger partial charge in [0, 0.05) is 0 Å². The molecule has 0 saturated heterocycles. The van der Waals surface area contributed by atoms with E-state index in [0.29, 0.717) is 5.92 Å². The number of hydrogen-bond donors (Lipinski definition) is 0. The molecule has 0 radical (unpaired) electrons. The Balaban J connectivity index is 1.72. The van der Waals surface area contributed by atoms with Gasteiger partial charge in [0.25, 0.3) is 0 Å². The SMILES string of the molecule is CC(C)c1ccc(C(Cl)C2C3CCCC32)cc1. The first-order valence-electron chi connectivity index (χ1n) is 6.92. The fourth-order valence-corrected chi connectivity index (χ4v) is 4.12. The second-order valence-corrected chi connectivity index (χ2v) is 6.53. The van der Waals surface area contributed by atoms with E-state index < -0.39 is 0 Å². The van der Waals surface area contributed by atoms with Gasteiger partial charge in [-0.05, 0) is 47.6 Å². The largest absolute Gasteiger partial charge is 0.117 e. The van der Waals surface area contributed by atoms with Crippen molar-refractivity contribution in [3.63, 3.8) is 0 Å². The zero-order valence-corrected chi connectivity index (χ0v) is 11.5. The summed E-state index contributed by atoms with van der Waals surface area (Å²) in [6.07, 6.45) is 4.27. The maximum atomic E-state index is 6.64. The Morgan fingerprint density at radius 3 is 2.06 bits per heavy atom. The summed E-state index contributed by atoms with van der Waals surface area (Å²) in [5.41, 5.74) is 2.74. The molecular weight excluding hydrogens is 228 g/mol. The summed E-state index contributed by atoms with van der Waals surface area (Å²) in [6.45, 7) is 4.47. The van der Waals surface area contributed by atoms with Crippen molar-refractivity contribution in [3.8, 4) is 0 Å². The fourth-order valence-electron chi connectivity index (χ4n) is 3.60. The summed E-state index contributed by atoms with van der Waals surface area (Å²) in [5.74, 6) is 3.28. The smallest absolute Gasteiger partial charge is 0.0618 e. The van der Waals surface area contributed by atoms with Crippen LogP contribution in [0.5, 0.6) is 0 Å². The molecule has 2 aliphatic carbocycles. The van der Waals surface area contributed by atoms with Crippen molar-refractivity contribution in [2.45, 2.75) is 44.4 Å². The number of rotatable bonds is 3. The van der Waals surface area contributed by atoms with Gasteiger partial charge in [-0.2, -0.15) is 0 Å². The van der Waals surface area contributed by atoms with Crippen LogP contribution in [0.3, 0.4) is 0 Å². The van der Waals surface area contributed by atoms with Gasteiger partial charge in [0.1, 0.15) is 0 Å². The molecule has 0 spiro atoms. The Morgan fingerprint density at radius 1 is 1.00 bits per heavy atom. The predicted molar refractivity (Wildman–Crippen MR) is 73.4 cm³/mol. The molecule has 0 bridgehead atoms. The minimum atomic E-state index is 0.256. The van der Waals surface area contributed by atoms with Crippen molar-refractivity contribution in [1.29, 1.82) is 0 Å². The molecule has 3 atom stereocenters. The average molecular weight is 249 g/mol. The second kappa shape index (κ2) is 4.31. The molecule has 2 aliphatic rings. The summed E-state index contributed by atoms with van der Waals surface area (Å²) in [6, 6.07) is 8.96. The summed E-state index contributed by atoms with van der Waals surface area (Å²) in [7, 11) is 0. The Hall–Kier alpha value is -0.490. The highest BCUT2D eigenvalue weighted by molar-refractivity contribution is 6.21. The van der Waals surface area contributed by atoms with Crippen LogP contribution in [0, 0.1) is 17.8 Å². The standard InChI is InChI=1S/C16H21Cl/c1-10(2)11-6-8-12(9-7-11)16(17)15-13-4-3-5-14(13)15/h6-10,13-16H,3-5H2,1-2H3. The fraction of sp³-hybridized carbons (Fsp3) is 0.625. The van der Waals surface area contributed by atoms with Crippen molar-refractivity contribution in [3.05, 3.63) is 35.4 Å². The lowest BCUT2D eigenvalue weighted by Gasteiger charge is -2.13. The highest BCUT2D eigenvalue weighted by Gasteiger charge is 2.55.